The molecule has 3 aromatic rings. The summed E-state index contributed by atoms with van der Waals surface area (Å²) in [6.45, 7) is 4.11. The summed E-state index contributed by atoms with van der Waals surface area (Å²) < 4.78 is 0. The van der Waals surface area contributed by atoms with Crippen molar-refractivity contribution in [2.24, 2.45) is 0 Å². The van der Waals surface area contributed by atoms with Crippen molar-refractivity contribution in [1.82, 2.24) is 25.3 Å². The van der Waals surface area contributed by atoms with E-state index >= 15 is 0 Å². The van der Waals surface area contributed by atoms with E-state index in [1.165, 1.54) is 5.69 Å². The number of imidazole rings is 1. The summed E-state index contributed by atoms with van der Waals surface area (Å²) >= 11 is 6.17. The molecule has 0 aliphatic carbocycles. The minimum absolute atomic E-state index is 0.392. The molecular weight excluding hydrogens is 300 g/mol. The molecule has 112 valence electrons. The molecule has 0 unspecified atom stereocenters. The van der Waals surface area contributed by atoms with Gasteiger partial charge < -0.3 is 15.2 Å². The Labute approximate surface area is 132 Å². The van der Waals surface area contributed by atoms with Crippen LogP contribution in [0.25, 0.3) is 22.6 Å². The smallest absolute Gasteiger partial charge is 0.182 e. The van der Waals surface area contributed by atoms with Gasteiger partial charge in [0.15, 0.2) is 16.6 Å². The van der Waals surface area contributed by atoms with Crippen LogP contribution < -0.4 is 10.2 Å². The van der Waals surface area contributed by atoms with Gasteiger partial charge in [0.1, 0.15) is 5.52 Å². The van der Waals surface area contributed by atoms with Gasteiger partial charge in [0.2, 0.25) is 0 Å². The summed E-state index contributed by atoms with van der Waals surface area (Å²) in [5.74, 6) is 0.594. The number of piperazine rings is 1. The molecule has 1 fully saturated rings. The van der Waals surface area contributed by atoms with Gasteiger partial charge in [-0.25, -0.2) is 15.0 Å². The standard InChI is InChI=1S/C15H15ClN6/c16-13-12-15(19-9-18-12)21-14(20-13)10-1-3-11(4-2-10)22-7-5-17-6-8-22/h1-4,9,17H,5-8H2,(H,18,19,20,21). The first-order valence-electron chi connectivity index (χ1n) is 7.24. The fraction of sp³-hybridized carbons (Fsp3) is 0.267. The molecule has 1 aliphatic heterocycles. The predicted octanol–water partition coefficient (Wildman–Crippen LogP) is 2.08. The Morgan fingerprint density at radius 3 is 2.59 bits per heavy atom. The number of hydrogen-bond acceptors (Lipinski definition) is 5. The summed E-state index contributed by atoms with van der Waals surface area (Å²) in [4.78, 5) is 18.2. The van der Waals surface area contributed by atoms with E-state index in [0.29, 0.717) is 22.1 Å². The molecule has 0 atom stereocenters. The average Bonchev–Trinajstić information content (AvgIpc) is 3.05. The van der Waals surface area contributed by atoms with Crippen LogP contribution in [0.2, 0.25) is 5.15 Å². The lowest BCUT2D eigenvalue weighted by Gasteiger charge is -2.29. The minimum Gasteiger partial charge on any atom is -0.369 e. The Kier molecular flexibility index (Phi) is 3.40. The molecule has 0 spiro atoms. The fourth-order valence-electron chi connectivity index (χ4n) is 2.67. The van der Waals surface area contributed by atoms with Crippen molar-refractivity contribution < 1.29 is 0 Å². The summed E-state index contributed by atoms with van der Waals surface area (Å²) in [6, 6.07) is 8.27. The van der Waals surface area contributed by atoms with Gasteiger partial charge in [-0.3, -0.25) is 0 Å². The van der Waals surface area contributed by atoms with Gasteiger partial charge in [-0.2, -0.15) is 0 Å². The van der Waals surface area contributed by atoms with Gasteiger partial charge in [-0.1, -0.05) is 11.6 Å². The normalized spacial score (nSPS) is 15.4. The highest BCUT2D eigenvalue weighted by Crippen LogP contribution is 2.24. The number of fused-ring (bicyclic) bond motifs is 1. The monoisotopic (exact) mass is 314 g/mol. The Morgan fingerprint density at radius 2 is 1.82 bits per heavy atom. The van der Waals surface area contributed by atoms with Crippen LogP contribution in [0.15, 0.2) is 30.6 Å². The summed E-state index contributed by atoms with van der Waals surface area (Å²) in [5, 5.41) is 3.75. The van der Waals surface area contributed by atoms with Crippen LogP contribution in [0.4, 0.5) is 5.69 Å². The number of nitrogens with one attached hydrogen (secondary N) is 2. The Bertz CT molecular complexity index is 791. The van der Waals surface area contributed by atoms with Crippen LogP contribution in [-0.4, -0.2) is 46.1 Å². The highest BCUT2D eigenvalue weighted by Gasteiger charge is 2.12. The van der Waals surface area contributed by atoms with Crippen LogP contribution in [0, 0.1) is 0 Å². The van der Waals surface area contributed by atoms with Crippen molar-refractivity contribution in [2.45, 2.75) is 0 Å². The van der Waals surface area contributed by atoms with E-state index < -0.39 is 0 Å². The van der Waals surface area contributed by atoms with Gasteiger partial charge in [0.05, 0.1) is 6.33 Å². The first-order valence-corrected chi connectivity index (χ1v) is 7.62. The molecule has 0 radical (unpaired) electrons. The lowest BCUT2D eigenvalue weighted by Crippen LogP contribution is -2.43. The van der Waals surface area contributed by atoms with Crippen molar-refractivity contribution >= 4 is 28.5 Å². The Balaban J connectivity index is 1.66. The first-order chi connectivity index (χ1) is 10.8. The number of anilines is 1. The van der Waals surface area contributed by atoms with Gasteiger partial charge in [-0.05, 0) is 24.3 Å². The molecule has 0 amide bonds. The highest BCUT2D eigenvalue weighted by molar-refractivity contribution is 6.33. The fourth-order valence-corrected chi connectivity index (χ4v) is 2.89. The second-order valence-electron chi connectivity index (χ2n) is 5.22. The number of benzene rings is 1. The van der Waals surface area contributed by atoms with E-state index in [0.717, 1.165) is 31.7 Å². The van der Waals surface area contributed by atoms with E-state index in [2.05, 4.69) is 42.3 Å². The van der Waals surface area contributed by atoms with Crippen molar-refractivity contribution in [2.75, 3.05) is 31.1 Å². The predicted molar refractivity (Wildman–Crippen MR) is 87.2 cm³/mol. The lowest BCUT2D eigenvalue weighted by molar-refractivity contribution is 0.589. The van der Waals surface area contributed by atoms with Crippen LogP contribution >= 0.6 is 11.6 Å². The van der Waals surface area contributed by atoms with E-state index in [4.69, 9.17) is 11.6 Å². The number of nitrogens with zero attached hydrogens (tertiary/aromatic N) is 4. The van der Waals surface area contributed by atoms with Crippen molar-refractivity contribution in [1.29, 1.82) is 0 Å². The van der Waals surface area contributed by atoms with E-state index in [-0.39, 0.29) is 0 Å². The number of hydrogen-bond donors (Lipinski definition) is 2. The first kappa shape index (κ1) is 13.5. The maximum absolute atomic E-state index is 6.17. The second kappa shape index (κ2) is 5.55. The zero-order valence-corrected chi connectivity index (χ0v) is 12.6. The van der Waals surface area contributed by atoms with E-state index in [9.17, 15) is 0 Å². The molecule has 3 heterocycles. The maximum Gasteiger partial charge on any atom is 0.182 e. The molecule has 1 aromatic carbocycles. The molecule has 1 aliphatic rings. The quantitative estimate of drug-likeness (QED) is 0.709. The van der Waals surface area contributed by atoms with E-state index in [1.54, 1.807) is 6.33 Å². The molecular formula is C15H15ClN6. The highest BCUT2D eigenvalue weighted by atomic mass is 35.5. The average molecular weight is 315 g/mol. The van der Waals surface area contributed by atoms with Gasteiger partial charge in [0.25, 0.3) is 0 Å². The topological polar surface area (TPSA) is 69.7 Å². The van der Waals surface area contributed by atoms with Gasteiger partial charge in [0, 0.05) is 37.4 Å². The number of aromatic nitrogens is 4. The maximum atomic E-state index is 6.17. The molecule has 7 heteroatoms. The molecule has 2 N–H and O–H groups in total. The number of aromatic amines is 1. The molecule has 4 rings (SSSR count). The van der Waals surface area contributed by atoms with Crippen molar-refractivity contribution in [3.63, 3.8) is 0 Å². The van der Waals surface area contributed by atoms with Crippen molar-refractivity contribution in [3.8, 4) is 11.4 Å². The molecule has 2 aromatic heterocycles. The van der Waals surface area contributed by atoms with Crippen LogP contribution in [0.1, 0.15) is 0 Å². The molecule has 1 saturated heterocycles. The van der Waals surface area contributed by atoms with Gasteiger partial charge in [-0.15, -0.1) is 0 Å². The number of halogens is 1. The van der Waals surface area contributed by atoms with Gasteiger partial charge >= 0.3 is 0 Å². The third kappa shape index (κ3) is 2.40. The molecule has 0 bridgehead atoms. The summed E-state index contributed by atoms with van der Waals surface area (Å²) in [6.07, 6.45) is 1.57. The third-order valence-corrected chi connectivity index (χ3v) is 4.12. The summed E-state index contributed by atoms with van der Waals surface area (Å²) in [7, 11) is 0. The minimum atomic E-state index is 0.392. The molecule has 22 heavy (non-hydrogen) atoms. The molecule has 6 nitrogen and oxygen atoms in total. The summed E-state index contributed by atoms with van der Waals surface area (Å²) in [5.41, 5.74) is 3.41. The Hall–Kier alpha value is -2.18. The van der Waals surface area contributed by atoms with Crippen molar-refractivity contribution in [3.05, 3.63) is 35.7 Å². The second-order valence-corrected chi connectivity index (χ2v) is 5.58. The Morgan fingerprint density at radius 1 is 1.05 bits per heavy atom. The zero-order chi connectivity index (χ0) is 14.9. The van der Waals surface area contributed by atoms with Crippen LogP contribution in [0.3, 0.4) is 0 Å². The molecule has 0 saturated carbocycles. The SMILES string of the molecule is Clc1nc(-c2ccc(N3CCNCC3)cc2)nc2nc[nH]c12. The third-order valence-electron chi connectivity index (χ3n) is 3.85. The number of rotatable bonds is 2. The largest absolute Gasteiger partial charge is 0.369 e. The zero-order valence-electron chi connectivity index (χ0n) is 11.9. The van der Waals surface area contributed by atoms with Crippen LogP contribution in [-0.2, 0) is 0 Å². The lowest BCUT2D eigenvalue weighted by atomic mass is 10.1. The van der Waals surface area contributed by atoms with E-state index in [1.807, 2.05) is 12.1 Å². The number of H-pyrrole nitrogens is 1. The van der Waals surface area contributed by atoms with Crippen LogP contribution in [0.5, 0.6) is 0 Å².